The van der Waals surface area contributed by atoms with E-state index in [0.29, 0.717) is 6.54 Å². The number of benzene rings is 2. The van der Waals surface area contributed by atoms with Crippen molar-refractivity contribution in [1.82, 2.24) is 5.32 Å². The third kappa shape index (κ3) is 3.67. The van der Waals surface area contributed by atoms with Gasteiger partial charge in [0, 0.05) is 23.6 Å². The van der Waals surface area contributed by atoms with Crippen LogP contribution in [0.1, 0.15) is 17.2 Å². The van der Waals surface area contributed by atoms with E-state index in [1.165, 1.54) is 11.1 Å². The molecule has 0 aliphatic carbocycles. The van der Waals surface area contributed by atoms with Crippen LogP contribution in [0.2, 0.25) is 0 Å². The van der Waals surface area contributed by atoms with E-state index in [-0.39, 0.29) is 6.04 Å². The highest BCUT2D eigenvalue weighted by molar-refractivity contribution is 9.10. The van der Waals surface area contributed by atoms with Gasteiger partial charge in [0.15, 0.2) is 0 Å². The summed E-state index contributed by atoms with van der Waals surface area (Å²) in [4.78, 5) is 0. The van der Waals surface area contributed by atoms with E-state index in [1.54, 1.807) is 0 Å². The van der Waals surface area contributed by atoms with E-state index in [9.17, 15) is 0 Å². The number of rotatable bonds is 5. The molecule has 0 radical (unpaired) electrons. The highest BCUT2D eigenvalue weighted by Gasteiger charge is 2.08. The molecule has 3 N–H and O–H groups in total. The van der Waals surface area contributed by atoms with Crippen molar-refractivity contribution in [2.45, 2.75) is 12.6 Å². The lowest BCUT2D eigenvalue weighted by atomic mass is 10.1. The van der Waals surface area contributed by atoms with Gasteiger partial charge in [0.1, 0.15) is 0 Å². The SMILES string of the molecule is NCC(NCc1ccccc1)c1cccc(Br)c1. The number of hydrogen-bond donors (Lipinski definition) is 2. The Kier molecular flexibility index (Phi) is 4.93. The van der Waals surface area contributed by atoms with E-state index in [2.05, 4.69) is 45.5 Å². The second kappa shape index (κ2) is 6.69. The minimum atomic E-state index is 0.183. The van der Waals surface area contributed by atoms with Crippen LogP contribution in [0.3, 0.4) is 0 Å². The van der Waals surface area contributed by atoms with Gasteiger partial charge in [0.25, 0.3) is 0 Å². The molecule has 0 heterocycles. The van der Waals surface area contributed by atoms with Crippen LogP contribution in [-0.4, -0.2) is 6.54 Å². The van der Waals surface area contributed by atoms with Crippen molar-refractivity contribution in [3.8, 4) is 0 Å². The van der Waals surface area contributed by atoms with Gasteiger partial charge in [-0.2, -0.15) is 0 Å². The summed E-state index contributed by atoms with van der Waals surface area (Å²) in [5.74, 6) is 0. The molecule has 2 rings (SSSR count). The number of nitrogens with one attached hydrogen (secondary N) is 1. The monoisotopic (exact) mass is 304 g/mol. The molecule has 0 saturated heterocycles. The summed E-state index contributed by atoms with van der Waals surface area (Å²) >= 11 is 3.49. The van der Waals surface area contributed by atoms with E-state index in [1.807, 2.05) is 30.3 Å². The summed E-state index contributed by atoms with van der Waals surface area (Å²) in [7, 11) is 0. The highest BCUT2D eigenvalue weighted by atomic mass is 79.9. The zero-order valence-corrected chi connectivity index (χ0v) is 11.7. The van der Waals surface area contributed by atoms with Crippen LogP contribution in [0.5, 0.6) is 0 Å². The molecule has 0 bridgehead atoms. The van der Waals surface area contributed by atoms with Crippen molar-refractivity contribution in [2.75, 3.05) is 6.54 Å². The molecule has 2 aromatic carbocycles. The largest absolute Gasteiger partial charge is 0.329 e. The van der Waals surface area contributed by atoms with Gasteiger partial charge in [-0.3, -0.25) is 0 Å². The summed E-state index contributed by atoms with van der Waals surface area (Å²) in [6, 6.07) is 18.8. The Hall–Kier alpha value is -1.16. The molecule has 1 unspecified atom stereocenters. The first-order valence-electron chi connectivity index (χ1n) is 6.02. The smallest absolute Gasteiger partial charge is 0.0447 e. The van der Waals surface area contributed by atoms with Gasteiger partial charge < -0.3 is 11.1 Å². The lowest BCUT2D eigenvalue weighted by Crippen LogP contribution is -2.27. The van der Waals surface area contributed by atoms with E-state index < -0.39 is 0 Å². The van der Waals surface area contributed by atoms with E-state index in [4.69, 9.17) is 5.73 Å². The summed E-state index contributed by atoms with van der Waals surface area (Å²) in [5.41, 5.74) is 8.32. The molecule has 1 atom stereocenters. The maximum atomic E-state index is 5.84. The predicted octanol–water partition coefficient (Wildman–Crippen LogP) is 3.24. The van der Waals surface area contributed by atoms with Crippen LogP contribution < -0.4 is 11.1 Å². The Bertz CT molecular complexity index is 485. The average Bonchev–Trinajstić information content (AvgIpc) is 2.41. The Morgan fingerprint density at radius 1 is 1.06 bits per heavy atom. The topological polar surface area (TPSA) is 38.0 Å². The van der Waals surface area contributed by atoms with Crippen LogP contribution >= 0.6 is 15.9 Å². The number of nitrogens with two attached hydrogens (primary N) is 1. The first kappa shape index (κ1) is 13.3. The minimum Gasteiger partial charge on any atom is -0.329 e. The van der Waals surface area contributed by atoms with E-state index >= 15 is 0 Å². The fourth-order valence-electron chi connectivity index (χ4n) is 1.90. The number of halogens is 1. The maximum Gasteiger partial charge on any atom is 0.0447 e. The fraction of sp³-hybridized carbons (Fsp3) is 0.200. The van der Waals surface area contributed by atoms with Gasteiger partial charge >= 0.3 is 0 Å². The van der Waals surface area contributed by atoms with Crippen LogP contribution in [-0.2, 0) is 6.54 Å². The molecule has 2 aromatic rings. The molecule has 0 aromatic heterocycles. The first-order valence-corrected chi connectivity index (χ1v) is 6.81. The van der Waals surface area contributed by atoms with Gasteiger partial charge in [0.2, 0.25) is 0 Å². The molecular weight excluding hydrogens is 288 g/mol. The van der Waals surface area contributed by atoms with Gasteiger partial charge in [-0.25, -0.2) is 0 Å². The van der Waals surface area contributed by atoms with Gasteiger partial charge in [0.05, 0.1) is 0 Å². The Morgan fingerprint density at radius 2 is 1.83 bits per heavy atom. The standard InChI is InChI=1S/C15H17BrN2/c16-14-8-4-7-13(9-14)15(10-17)18-11-12-5-2-1-3-6-12/h1-9,15,18H,10-11,17H2. The molecule has 0 saturated carbocycles. The molecule has 0 fully saturated rings. The molecule has 2 nitrogen and oxygen atoms in total. The van der Waals surface area contributed by atoms with Crippen molar-refractivity contribution in [3.05, 3.63) is 70.2 Å². The summed E-state index contributed by atoms with van der Waals surface area (Å²) in [6.45, 7) is 1.42. The molecule has 94 valence electrons. The molecule has 18 heavy (non-hydrogen) atoms. The highest BCUT2D eigenvalue weighted by Crippen LogP contribution is 2.18. The second-order valence-electron chi connectivity index (χ2n) is 4.21. The fourth-order valence-corrected chi connectivity index (χ4v) is 2.31. The predicted molar refractivity (Wildman–Crippen MR) is 79.2 cm³/mol. The van der Waals surface area contributed by atoms with Crippen molar-refractivity contribution >= 4 is 15.9 Å². The van der Waals surface area contributed by atoms with Crippen molar-refractivity contribution in [2.24, 2.45) is 5.73 Å². The van der Waals surface area contributed by atoms with Gasteiger partial charge in [-0.1, -0.05) is 58.4 Å². The Labute approximate surface area is 116 Å². The molecule has 0 aliphatic rings. The summed E-state index contributed by atoms with van der Waals surface area (Å²) in [6.07, 6.45) is 0. The molecule has 0 aliphatic heterocycles. The first-order chi connectivity index (χ1) is 8.79. The Morgan fingerprint density at radius 3 is 2.50 bits per heavy atom. The molecule has 0 spiro atoms. The lowest BCUT2D eigenvalue weighted by Gasteiger charge is -2.17. The van der Waals surface area contributed by atoms with Crippen molar-refractivity contribution < 1.29 is 0 Å². The lowest BCUT2D eigenvalue weighted by molar-refractivity contribution is 0.541. The third-order valence-corrected chi connectivity index (χ3v) is 3.38. The van der Waals surface area contributed by atoms with Gasteiger partial charge in [-0.15, -0.1) is 0 Å². The molecule has 0 amide bonds. The number of hydrogen-bond acceptors (Lipinski definition) is 2. The van der Waals surface area contributed by atoms with Crippen molar-refractivity contribution in [3.63, 3.8) is 0 Å². The average molecular weight is 305 g/mol. The van der Waals surface area contributed by atoms with Gasteiger partial charge in [-0.05, 0) is 23.3 Å². The normalized spacial score (nSPS) is 12.3. The zero-order valence-electron chi connectivity index (χ0n) is 10.1. The Balaban J connectivity index is 2.02. The third-order valence-electron chi connectivity index (χ3n) is 2.88. The zero-order chi connectivity index (χ0) is 12.8. The minimum absolute atomic E-state index is 0.183. The van der Waals surface area contributed by atoms with Crippen LogP contribution in [0.15, 0.2) is 59.1 Å². The molecular formula is C15H17BrN2. The summed E-state index contributed by atoms with van der Waals surface area (Å²) in [5, 5.41) is 3.48. The van der Waals surface area contributed by atoms with Crippen LogP contribution in [0, 0.1) is 0 Å². The quantitative estimate of drug-likeness (QED) is 0.890. The summed E-state index contributed by atoms with van der Waals surface area (Å²) < 4.78 is 1.08. The second-order valence-corrected chi connectivity index (χ2v) is 5.13. The maximum absolute atomic E-state index is 5.84. The van der Waals surface area contributed by atoms with E-state index in [0.717, 1.165) is 11.0 Å². The van der Waals surface area contributed by atoms with Crippen molar-refractivity contribution in [1.29, 1.82) is 0 Å². The van der Waals surface area contributed by atoms with Crippen LogP contribution in [0.4, 0.5) is 0 Å². The molecule has 3 heteroatoms. The van der Waals surface area contributed by atoms with Crippen LogP contribution in [0.25, 0.3) is 0 Å².